The van der Waals surface area contributed by atoms with Crippen molar-refractivity contribution >= 4 is 5.69 Å². The molecule has 0 aliphatic carbocycles. The van der Waals surface area contributed by atoms with E-state index in [-0.39, 0.29) is 5.82 Å². The quantitative estimate of drug-likeness (QED) is 0.894. The lowest BCUT2D eigenvalue weighted by atomic mass is 10.1. The summed E-state index contributed by atoms with van der Waals surface area (Å²) in [6.07, 6.45) is 1.72. The molecule has 98 valence electrons. The number of rotatable bonds is 2. The maximum Gasteiger partial charge on any atom is 0.132 e. The van der Waals surface area contributed by atoms with Crippen LogP contribution in [0, 0.1) is 5.82 Å². The van der Waals surface area contributed by atoms with Gasteiger partial charge < -0.3 is 10.2 Å². The fourth-order valence-corrected chi connectivity index (χ4v) is 2.42. The third kappa shape index (κ3) is 2.44. The van der Waals surface area contributed by atoms with Crippen molar-refractivity contribution in [1.82, 2.24) is 10.3 Å². The van der Waals surface area contributed by atoms with Gasteiger partial charge in [-0.3, -0.25) is 4.98 Å². The molecule has 1 N–H and O–H groups in total. The first-order valence-corrected chi connectivity index (χ1v) is 6.52. The SMILES string of the molecule is Fc1ccccc1-c1ncccc1N1CCNCC1. The number of aromatic nitrogens is 1. The lowest BCUT2D eigenvalue weighted by molar-refractivity contribution is 0.588. The second-order valence-corrected chi connectivity index (χ2v) is 4.59. The van der Waals surface area contributed by atoms with Gasteiger partial charge in [-0.15, -0.1) is 0 Å². The Morgan fingerprint density at radius 1 is 1.05 bits per heavy atom. The minimum Gasteiger partial charge on any atom is -0.367 e. The Bertz CT molecular complexity index is 565. The molecule has 0 unspecified atom stereocenters. The fraction of sp³-hybridized carbons (Fsp3) is 0.267. The first-order valence-electron chi connectivity index (χ1n) is 6.52. The third-order valence-corrected chi connectivity index (χ3v) is 3.37. The number of nitrogens with zero attached hydrogens (tertiary/aromatic N) is 2. The van der Waals surface area contributed by atoms with Crippen LogP contribution in [-0.2, 0) is 0 Å². The number of hydrogen-bond donors (Lipinski definition) is 1. The molecular weight excluding hydrogens is 241 g/mol. The Labute approximate surface area is 112 Å². The summed E-state index contributed by atoms with van der Waals surface area (Å²) in [6.45, 7) is 3.75. The summed E-state index contributed by atoms with van der Waals surface area (Å²) in [7, 11) is 0. The Balaban J connectivity index is 2.04. The van der Waals surface area contributed by atoms with Crippen molar-refractivity contribution < 1.29 is 4.39 Å². The molecule has 0 atom stereocenters. The van der Waals surface area contributed by atoms with Gasteiger partial charge in [-0.05, 0) is 24.3 Å². The first kappa shape index (κ1) is 12.1. The lowest BCUT2D eigenvalue weighted by Gasteiger charge is -2.30. The number of piperazine rings is 1. The van der Waals surface area contributed by atoms with Crippen molar-refractivity contribution in [3.63, 3.8) is 0 Å². The van der Waals surface area contributed by atoms with Crippen LogP contribution in [0.15, 0.2) is 42.6 Å². The van der Waals surface area contributed by atoms with E-state index in [1.165, 1.54) is 6.07 Å². The molecule has 1 saturated heterocycles. The minimum absolute atomic E-state index is 0.224. The highest BCUT2D eigenvalue weighted by Crippen LogP contribution is 2.30. The molecule has 0 spiro atoms. The van der Waals surface area contributed by atoms with Gasteiger partial charge >= 0.3 is 0 Å². The van der Waals surface area contributed by atoms with E-state index in [1.807, 2.05) is 18.2 Å². The predicted molar refractivity (Wildman–Crippen MR) is 74.7 cm³/mol. The normalized spacial score (nSPS) is 15.5. The zero-order valence-corrected chi connectivity index (χ0v) is 10.6. The Morgan fingerprint density at radius 3 is 2.63 bits per heavy atom. The molecule has 3 rings (SSSR count). The summed E-state index contributed by atoms with van der Waals surface area (Å²) in [5.41, 5.74) is 2.30. The van der Waals surface area contributed by atoms with Gasteiger partial charge in [0.05, 0.1) is 11.4 Å². The molecule has 2 heterocycles. The second kappa shape index (κ2) is 5.36. The molecule has 4 heteroatoms. The summed E-state index contributed by atoms with van der Waals surface area (Å²) in [5, 5.41) is 3.32. The molecule has 1 fully saturated rings. The zero-order chi connectivity index (χ0) is 13.1. The predicted octanol–water partition coefficient (Wildman–Crippen LogP) is 2.30. The molecule has 2 aromatic rings. The van der Waals surface area contributed by atoms with E-state index in [4.69, 9.17) is 0 Å². The third-order valence-electron chi connectivity index (χ3n) is 3.37. The largest absolute Gasteiger partial charge is 0.367 e. The van der Waals surface area contributed by atoms with Crippen molar-refractivity contribution in [2.75, 3.05) is 31.1 Å². The number of hydrogen-bond acceptors (Lipinski definition) is 3. The van der Waals surface area contributed by atoms with Crippen LogP contribution in [0.5, 0.6) is 0 Å². The molecule has 0 saturated carbocycles. The van der Waals surface area contributed by atoms with Crippen molar-refractivity contribution in [2.45, 2.75) is 0 Å². The maximum absolute atomic E-state index is 14.0. The van der Waals surface area contributed by atoms with E-state index in [9.17, 15) is 4.39 Å². The van der Waals surface area contributed by atoms with Gasteiger partial charge in [-0.25, -0.2) is 4.39 Å². The van der Waals surface area contributed by atoms with Gasteiger partial charge in [-0.1, -0.05) is 12.1 Å². The summed E-state index contributed by atoms with van der Waals surface area (Å²) >= 11 is 0. The number of pyridine rings is 1. The van der Waals surface area contributed by atoms with Crippen LogP contribution in [0.25, 0.3) is 11.3 Å². The van der Waals surface area contributed by atoms with Crippen molar-refractivity contribution in [3.8, 4) is 11.3 Å². The molecule has 1 aromatic heterocycles. The van der Waals surface area contributed by atoms with E-state index in [2.05, 4.69) is 15.2 Å². The Hall–Kier alpha value is -1.94. The molecule has 0 amide bonds. The average Bonchev–Trinajstić information content (AvgIpc) is 2.49. The van der Waals surface area contributed by atoms with Gasteiger partial charge in [0.25, 0.3) is 0 Å². The number of benzene rings is 1. The van der Waals surface area contributed by atoms with Crippen molar-refractivity contribution in [1.29, 1.82) is 0 Å². The second-order valence-electron chi connectivity index (χ2n) is 4.59. The number of anilines is 1. The van der Waals surface area contributed by atoms with Crippen molar-refractivity contribution in [3.05, 3.63) is 48.4 Å². The van der Waals surface area contributed by atoms with E-state index in [0.717, 1.165) is 37.6 Å². The van der Waals surface area contributed by atoms with E-state index < -0.39 is 0 Å². The smallest absolute Gasteiger partial charge is 0.132 e. The molecule has 1 aromatic carbocycles. The molecule has 1 aliphatic heterocycles. The monoisotopic (exact) mass is 257 g/mol. The van der Waals surface area contributed by atoms with E-state index in [1.54, 1.807) is 18.3 Å². The highest BCUT2D eigenvalue weighted by atomic mass is 19.1. The van der Waals surface area contributed by atoms with Gasteiger partial charge in [0.2, 0.25) is 0 Å². The van der Waals surface area contributed by atoms with Gasteiger partial charge in [0.15, 0.2) is 0 Å². The standard InChI is InChI=1S/C15H16FN3/c16-13-5-2-1-4-12(13)15-14(6-3-7-18-15)19-10-8-17-9-11-19/h1-7,17H,8-11H2. The van der Waals surface area contributed by atoms with Gasteiger partial charge in [0, 0.05) is 37.9 Å². The summed E-state index contributed by atoms with van der Waals surface area (Å²) in [6, 6.07) is 10.7. The Morgan fingerprint density at radius 2 is 1.84 bits per heavy atom. The molecule has 1 aliphatic rings. The molecule has 19 heavy (non-hydrogen) atoms. The van der Waals surface area contributed by atoms with Crippen LogP contribution in [0.3, 0.4) is 0 Å². The van der Waals surface area contributed by atoms with Gasteiger partial charge in [-0.2, -0.15) is 0 Å². The first-order chi connectivity index (χ1) is 9.36. The number of halogens is 1. The average molecular weight is 257 g/mol. The van der Waals surface area contributed by atoms with Crippen LogP contribution in [0.2, 0.25) is 0 Å². The van der Waals surface area contributed by atoms with Crippen LogP contribution in [0.4, 0.5) is 10.1 Å². The lowest BCUT2D eigenvalue weighted by Crippen LogP contribution is -2.43. The minimum atomic E-state index is -0.224. The summed E-state index contributed by atoms with van der Waals surface area (Å²) in [5.74, 6) is -0.224. The highest BCUT2D eigenvalue weighted by Gasteiger charge is 2.17. The molecule has 0 bridgehead atoms. The summed E-state index contributed by atoms with van der Waals surface area (Å²) in [4.78, 5) is 6.64. The van der Waals surface area contributed by atoms with E-state index >= 15 is 0 Å². The van der Waals surface area contributed by atoms with Crippen LogP contribution >= 0.6 is 0 Å². The van der Waals surface area contributed by atoms with Crippen LogP contribution < -0.4 is 10.2 Å². The zero-order valence-electron chi connectivity index (χ0n) is 10.6. The highest BCUT2D eigenvalue weighted by molar-refractivity contribution is 5.75. The topological polar surface area (TPSA) is 28.2 Å². The maximum atomic E-state index is 14.0. The number of nitrogens with one attached hydrogen (secondary N) is 1. The molecule has 0 radical (unpaired) electrons. The Kier molecular flexibility index (Phi) is 3.42. The van der Waals surface area contributed by atoms with Crippen molar-refractivity contribution in [2.24, 2.45) is 0 Å². The fourth-order valence-electron chi connectivity index (χ4n) is 2.42. The molecular formula is C15H16FN3. The van der Waals surface area contributed by atoms with Gasteiger partial charge in [0.1, 0.15) is 5.82 Å². The van der Waals surface area contributed by atoms with E-state index in [0.29, 0.717) is 5.56 Å². The summed E-state index contributed by atoms with van der Waals surface area (Å²) < 4.78 is 14.0. The van der Waals surface area contributed by atoms with Crippen LogP contribution in [-0.4, -0.2) is 31.2 Å². The molecule has 3 nitrogen and oxygen atoms in total. The van der Waals surface area contributed by atoms with Crippen LogP contribution in [0.1, 0.15) is 0 Å².